The zero-order valence-electron chi connectivity index (χ0n) is 9.77. The summed E-state index contributed by atoms with van der Waals surface area (Å²) in [7, 11) is 0. The van der Waals surface area contributed by atoms with E-state index in [4.69, 9.17) is 5.73 Å². The van der Waals surface area contributed by atoms with Crippen LogP contribution in [0.2, 0.25) is 0 Å². The molecule has 92 valence electrons. The number of amides is 1. The molecule has 4 nitrogen and oxygen atoms in total. The minimum absolute atomic E-state index is 0.179. The van der Waals surface area contributed by atoms with Gasteiger partial charge in [0, 0.05) is 11.8 Å². The number of halogens is 1. The van der Waals surface area contributed by atoms with Crippen molar-refractivity contribution in [1.29, 1.82) is 0 Å². The fraction of sp³-hybridized carbons (Fsp3) is 0.0769. The van der Waals surface area contributed by atoms with Gasteiger partial charge in [-0.25, -0.2) is 9.37 Å². The van der Waals surface area contributed by atoms with E-state index in [9.17, 15) is 9.18 Å². The van der Waals surface area contributed by atoms with Crippen LogP contribution in [0.4, 0.5) is 15.9 Å². The molecule has 2 rings (SSSR count). The zero-order valence-corrected chi connectivity index (χ0v) is 9.77. The lowest BCUT2D eigenvalue weighted by Gasteiger charge is -2.09. The molecule has 0 radical (unpaired) electrons. The van der Waals surface area contributed by atoms with E-state index in [0.717, 1.165) is 0 Å². The molecule has 0 aliphatic heterocycles. The Balaban J connectivity index is 2.27. The van der Waals surface area contributed by atoms with E-state index in [1.807, 2.05) is 0 Å². The molecule has 1 amide bonds. The first-order valence-corrected chi connectivity index (χ1v) is 5.36. The molecule has 0 unspecified atom stereocenters. The average molecular weight is 245 g/mol. The topological polar surface area (TPSA) is 68.0 Å². The van der Waals surface area contributed by atoms with E-state index in [1.54, 1.807) is 19.1 Å². The van der Waals surface area contributed by atoms with E-state index in [1.165, 1.54) is 24.4 Å². The van der Waals surface area contributed by atoms with Gasteiger partial charge in [-0.05, 0) is 30.7 Å². The first kappa shape index (κ1) is 12.0. The number of nitrogens with one attached hydrogen (secondary N) is 1. The number of hydrogen-bond acceptors (Lipinski definition) is 3. The van der Waals surface area contributed by atoms with E-state index in [-0.39, 0.29) is 11.5 Å². The minimum atomic E-state index is -0.467. The van der Waals surface area contributed by atoms with Crippen molar-refractivity contribution in [1.82, 2.24) is 4.98 Å². The van der Waals surface area contributed by atoms with Crippen molar-refractivity contribution in [2.24, 2.45) is 0 Å². The number of carbonyl (C=O) groups is 1. The molecule has 0 aliphatic carbocycles. The third kappa shape index (κ3) is 2.45. The van der Waals surface area contributed by atoms with Crippen LogP contribution in [0.5, 0.6) is 0 Å². The molecule has 0 fully saturated rings. The van der Waals surface area contributed by atoms with Crippen molar-refractivity contribution >= 4 is 17.4 Å². The Morgan fingerprint density at radius 3 is 2.83 bits per heavy atom. The number of hydrogen-bond donors (Lipinski definition) is 2. The second-order valence-electron chi connectivity index (χ2n) is 3.86. The van der Waals surface area contributed by atoms with Gasteiger partial charge in [-0.3, -0.25) is 4.79 Å². The summed E-state index contributed by atoms with van der Waals surface area (Å²) in [5, 5.41) is 2.52. The highest BCUT2D eigenvalue weighted by Gasteiger charge is 2.11. The fourth-order valence-electron chi connectivity index (χ4n) is 1.57. The summed E-state index contributed by atoms with van der Waals surface area (Å²) < 4.78 is 13.6. The second kappa shape index (κ2) is 4.83. The summed E-state index contributed by atoms with van der Waals surface area (Å²) in [6.07, 6.45) is 1.43. The third-order valence-corrected chi connectivity index (χ3v) is 2.50. The number of carbonyl (C=O) groups excluding carboxylic acids is 1. The van der Waals surface area contributed by atoms with Gasteiger partial charge in [0.2, 0.25) is 0 Å². The van der Waals surface area contributed by atoms with Crippen LogP contribution in [-0.4, -0.2) is 10.9 Å². The van der Waals surface area contributed by atoms with Gasteiger partial charge in [0.25, 0.3) is 5.91 Å². The fourth-order valence-corrected chi connectivity index (χ4v) is 1.57. The highest BCUT2D eigenvalue weighted by molar-refractivity contribution is 6.05. The molecular formula is C13H12FN3O. The van der Waals surface area contributed by atoms with Crippen molar-refractivity contribution in [2.45, 2.75) is 6.92 Å². The van der Waals surface area contributed by atoms with Gasteiger partial charge < -0.3 is 11.1 Å². The third-order valence-electron chi connectivity index (χ3n) is 2.50. The number of nitrogen functional groups attached to an aromatic ring is 1. The first-order valence-electron chi connectivity index (χ1n) is 5.36. The van der Waals surface area contributed by atoms with Gasteiger partial charge in [0.15, 0.2) is 0 Å². The molecule has 0 bridgehead atoms. The van der Waals surface area contributed by atoms with Crippen molar-refractivity contribution in [2.75, 3.05) is 11.1 Å². The van der Waals surface area contributed by atoms with Gasteiger partial charge in [0.05, 0.1) is 5.69 Å². The Kier molecular flexibility index (Phi) is 3.23. The van der Waals surface area contributed by atoms with Crippen LogP contribution >= 0.6 is 0 Å². The van der Waals surface area contributed by atoms with Crippen molar-refractivity contribution < 1.29 is 9.18 Å². The first-order chi connectivity index (χ1) is 8.58. The molecule has 0 aliphatic rings. The largest absolute Gasteiger partial charge is 0.384 e. The number of nitrogens with two attached hydrogens (primary N) is 1. The Morgan fingerprint density at radius 2 is 2.17 bits per heavy atom. The van der Waals surface area contributed by atoms with E-state index in [0.29, 0.717) is 11.1 Å². The summed E-state index contributed by atoms with van der Waals surface area (Å²) in [6.45, 7) is 1.72. The molecule has 0 saturated heterocycles. The highest BCUT2D eigenvalue weighted by Crippen LogP contribution is 2.19. The molecule has 0 atom stereocenters. The summed E-state index contributed by atoms with van der Waals surface area (Å²) in [5.74, 6) is -0.643. The van der Waals surface area contributed by atoms with Crippen LogP contribution in [0.15, 0.2) is 36.5 Å². The van der Waals surface area contributed by atoms with E-state index >= 15 is 0 Å². The quantitative estimate of drug-likeness (QED) is 0.853. The predicted molar refractivity (Wildman–Crippen MR) is 67.7 cm³/mol. The molecule has 1 aromatic carbocycles. The number of pyridine rings is 1. The maximum atomic E-state index is 13.6. The maximum absolute atomic E-state index is 13.6. The molecule has 2 aromatic rings. The van der Waals surface area contributed by atoms with E-state index < -0.39 is 11.7 Å². The molecule has 1 aromatic heterocycles. The number of aromatic nitrogens is 1. The molecule has 18 heavy (non-hydrogen) atoms. The maximum Gasteiger partial charge on any atom is 0.255 e. The van der Waals surface area contributed by atoms with Crippen LogP contribution in [0, 0.1) is 12.7 Å². The van der Waals surface area contributed by atoms with Crippen LogP contribution in [-0.2, 0) is 0 Å². The summed E-state index contributed by atoms with van der Waals surface area (Å²) in [4.78, 5) is 15.7. The minimum Gasteiger partial charge on any atom is -0.384 e. The summed E-state index contributed by atoms with van der Waals surface area (Å²) >= 11 is 0. The predicted octanol–water partition coefficient (Wildman–Crippen LogP) is 2.36. The standard InChI is InChI=1S/C13H12FN3O/c1-8-3-2-4-10(14)12(8)17-13(18)9-5-6-16-11(15)7-9/h2-7H,1H3,(H2,15,16)(H,17,18). The molecule has 3 N–H and O–H groups in total. The molecule has 5 heteroatoms. The highest BCUT2D eigenvalue weighted by atomic mass is 19.1. The number of aryl methyl sites for hydroxylation is 1. The lowest BCUT2D eigenvalue weighted by molar-refractivity contribution is 0.102. The van der Waals surface area contributed by atoms with Crippen molar-refractivity contribution in [3.05, 3.63) is 53.5 Å². The van der Waals surface area contributed by atoms with Gasteiger partial charge in [-0.15, -0.1) is 0 Å². The lowest BCUT2D eigenvalue weighted by Crippen LogP contribution is -2.14. The van der Waals surface area contributed by atoms with Crippen molar-refractivity contribution in [3.63, 3.8) is 0 Å². The Bertz CT molecular complexity index is 578. The number of para-hydroxylation sites is 1. The Morgan fingerprint density at radius 1 is 1.39 bits per heavy atom. The Labute approximate surface area is 104 Å². The second-order valence-corrected chi connectivity index (χ2v) is 3.86. The monoisotopic (exact) mass is 245 g/mol. The van der Waals surface area contributed by atoms with Crippen LogP contribution < -0.4 is 11.1 Å². The van der Waals surface area contributed by atoms with Gasteiger partial charge in [0.1, 0.15) is 11.6 Å². The molecular weight excluding hydrogens is 233 g/mol. The Hall–Kier alpha value is -2.43. The van der Waals surface area contributed by atoms with Gasteiger partial charge in [-0.2, -0.15) is 0 Å². The van der Waals surface area contributed by atoms with Crippen LogP contribution in [0.3, 0.4) is 0 Å². The number of rotatable bonds is 2. The number of anilines is 2. The molecule has 0 spiro atoms. The lowest BCUT2D eigenvalue weighted by atomic mass is 10.1. The molecule has 1 heterocycles. The molecule has 0 saturated carbocycles. The SMILES string of the molecule is Cc1cccc(F)c1NC(=O)c1ccnc(N)c1. The normalized spacial score (nSPS) is 10.1. The van der Waals surface area contributed by atoms with Gasteiger partial charge >= 0.3 is 0 Å². The van der Waals surface area contributed by atoms with Crippen LogP contribution in [0.25, 0.3) is 0 Å². The smallest absolute Gasteiger partial charge is 0.255 e. The summed E-state index contributed by atoms with van der Waals surface area (Å²) in [5.41, 5.74) is 6.66. The number of benzene rings is 1. The summed E-state index contributed by atoms with van der Waals surface area (Å²) in [6, 6.07) is 7.56. The zero-order chi connectivity index (χ0) is 13.1. The van der Waals surface area contributed by atoms with Gasteiger partial charge in [-0.1, -0.05) is 12.1 Å². The average Bonchev–Trinajstić information content (AvgIpc) is 2.34. The van der Waals surface area contributed by atoms with E-state index in [2.05, 4.69) is 10.3 Å². The van der Waals surface area contributed by atoms with Crippen molar-refractivity contribution in [3.8, 4) is 0 Å². The van der Waals surface area contributed by atoms with Crippen LogP contribution in [0.1, 0.15) is 15.9 Å². The number of nitrogens with zero attached hydrogens (tertiary/aromatic N) is 1.